The Morgan fingerprint density at radius 1 is 0.267 bits per heavy atom. The van der Waals surface area contributed by atoms with Crippen molar-refractivity contribution in [1.29, 1.82) is 0 Å². The Morgan fingerprint density at radius 3 is 0.822 bits per heavy atom. The largest absolute Gasteiger partial charge is 0.311 e. The van der Waals surface area contributed by atoms with Crippen LogP contribution < -0.4 is 9.80 Å². The summed E-state index contributed by atoms with van der Waals surface area (Å²) in [7, 11) is 0. The molecular formula is C42H31BrN2. The van der Waals surface area contributed by atoms with Crippen LogP contribution in [0.5, 0.6) is 0 Å². The molecule has 0 spiro atoms. The van der Waals surface area contributed by atoms with Gasteiger partial charge in [0.05, 0.1) is 0 Å². The van der Waals surface area contributed by atoms with Crippen LogP contribution in [0.15, 0.2) is 193 Å². The molecule has 216 valence electrons. The minimum absolute atomic E-state index is 1.05. The third-order valence-corrected chi connectivity index (χ3v) is 8.33. The number of para-hydroxylation sites is 4. The van der Waals surface area contributed by atoms with Gasteiger partial charge in [-0.3, -0.25) is 0 Å². The molecule has 0 atom stereocenters. The SMILES string of the molecule is Brc1cc(-c2ccc(N(c3ccccc3)c3ccccc3)cc2)cc(-c2ccc(N(c3ccccc3)c3ccccc3)cc2)c1. The minimum atomic E-state index is 1.05. The van der Waals surface area contributed by atoms with Crippen molar-refractivity contribution in [3.63, 3.8) is 0 Å². The van der Waals surface area contributed by atoms with Crippen molar-refractivity contribution in [2.75, 3.05) is 9.80 Å². The quantitative estimate of drug-likeness (QED) is 0.163. The maximum Gasteiger partial charge on any atom is 0.0462 e. The first-order valence-corrected chi connectivity index (χ1v) is 15.8. The van der Waals surface area contributed by atoms with E-state index in [2.05, 4.69) is 214 Å². The Kier molecular flexibility index (Phi) is 8.26. The molecule has 0 saturated heterocycles. The van der Waals surface area contributed by atoms with Gasteiger partial charge < -0.3 is 9.80 Å². The number of hydrogen-bond donors (Lipinski definition) is 0. The summed E-state index contributed by atoms with van der Waals surface area (Å²) in [6, 6.07) is 66.3. The number of benzene rings is 7. The third kappa shape index (κ3) is 6.31. The summed E-state index contributed by atoms with van der Waals surface area (Å²) in [5.41, 5.74) is 11.4. The second-order valence-corrected chi connectivity index (χ2v) is 11.8. The molecule has 7 aromatic rings. The molecule has 0 saturated carbocycles. The molecule has 2 nitrogen and oxygen atoms in total. The van der Waals surface area contributed by atoms with Gasteiger partial charge in [0.15, 0.2) is 0 Å². The molecule has 3 heteroatoms. The number of halogens is 1. The van der Waals surface area contributed by atoms with Gasteiger partial charge in [0, 0.05) is 38.6 Å². The van der Waals surface area contributed by atoms with E-state index in [4.69, 9.17) is 0 Å². The summed E-state index contributed by atoms with van der Waals surface area (Å²) in [5, 5.41) is 0. The standard InChI is InChI=1S/C42H31BrN2/c43-36-30-34(32-21-25-41(26-22-32)44(37-13-5-1-6-14-37)38-15-7-2-8-16-38)29-35(31-36)33-23-27-42(28-24-33)45(39-17-9-3-10-18-39)40-19-11-4-12-20-40/h1-31H. The molecule has 45 heavy (non-hydrogen) atoms. The van der Waals surface area contributed by atoms with Crippen molar-refractivity contribution in [3.05, 3.63) is 193 Å². The maximum atomic E-state index is 3.79. The highest BCUT2D eigenvalue weighted by molar-refractivity contribution is 9.10. The van der Waals surface area contributed by atoms with Crippen LogP contribution in [-0.4, -0.2) is 0 Å². The monoisotopic (exact) mass is 642 g/mol. The van der Waals surface area contributed by atoms with Gasteiger partial charge >= 0.3 is 0 Å². The van der Waals surface area contributed by atoms with Crippen LogP contribution in [0.4, 0.5) is 34.1 Å². The van der Waals surface area contributed by atoms with Crippen molar-refractivity contribution in [2.24, 2.45) is 0 Å². The second kappa shape index (κ2) is 13.1. The van der Waals surface area contributed by atoms with Crippen molar-refractivity contribution < 1.29 is 0 Å². The number of nitrogens with zero attached hydrogens (tertiary/aromatic N) is 2. The summed E-state index contributed by atoms with van der Waals surface area (Å²) in [6.07, 6.45) is 0. The van der Waals surface area contributed by atoms with Crippen LogP contribution in [0.25, 0.3) is 22.3 Å². The fourth-order valence-corrected chi connectivity index (χ4v) is 6.22. The topological polar surface area (TPSA) is 6.48 Å². The summed E-state index contributed by atoms with van der Waals surface area (Å²) >= 11 is 3.79. The Balaban J connectivity index is 1.19. The molecule has 0 aliphatic carbocycles. The van der Waals surface area contributed by atoms with Crippen LogP contribution in [0, 0.1) is 0 Å². The lowest BCUT2D eigenvalue weighted by molar-refractivity contribution is 1.28. The summed E-state index contributed by atoms with van der Waals surface area (Å²) < 4.78 is 1.05. The predicted octanol–water partition coefficient (Wildman–Crippen LogP) is 12.7. The van der Waals surface area contributed by atoms with Gasteiger partial charge in [0.1, 0.15) is 0 Å². The lowest BCUT2D eigenvalue weighted by Gasteiger charge is -2.25. The molecule has 0 amide bonds. The fraction of sp³-hybridized carbons (Fsp3) is 0. The van der Waals surface area contributed by atoms with E-state index in [0.29, 0.717) is 0 Å². The summed E-state index contributed by atoms with van der Waals surface area (Å²) in [6.45, 7) is 0. The van der Waals surface area contributed by atoms with Crippen LogP contribution in [-0.2, 0) is 0 Å². The number of hydrogen-bond acceptors (Lipinski definition) is 2. The Hall–Kier alpha value is -5.38. The van der Waals surface area contributed by atoms with Gasteiger partial charge in [-0.1, -0.05) is 113 Å². The molecule has 0 aromatic heterocycles. The zero-order valence-electron chi connectivity index (χ0n) is 24.7. The van der Waals surface area contributed by atoms with Gasteiger partial charge in [-0.15, -0.1) is 0 Å². The van der Waals surface area contributed by atoms with Gasteiger partial charge in [-0.25, -0.2) is 0 Å². The first-order valence-electron chi connectivity index (χ1n) is 15.0. The van der Waals surface area contributed by atoms with Crippen molar-refractivity contribution in [3.8, 4) is 22.3 Å². The zero-order chi connectivity index (χ0) is 30.4. The van der Waals surface area contributed by atoms with Crippen molar-refractivity contribution in [1.82, 2.24) is 0 Å². The zero-order valence-corrected chi connectivity index (χ0v) is 26.3. The molecule has 0 unspecified atom stereocenters. The predicted molar refractivity (Wildman–Crippen MR) is 194 cm³/mol. The summed E-state index contributed by atoms with van der Waals surface area (Å²) in [5.74, 6) is 0. The molecule has 7 rings (SSSR count). The first-order chi connectivity index (χ1) is 22.2. The van der Waals surface area contributed by atoms with E-state index in [1.54, 1.807) is 0 Å². The van der Waals surface area contributed by atoms with E-state index in [1.807, 2.05) is 0 Å². The molecule has 0 heterocycles. The smallest absolute Gasteiger partial charge is 0.0462 e. The number of rotatable bonds is 8. The Bertz CT molecular complexity index is 1750. The van der Waals surface area contributed by atoms with E-state index in [1.165, 1.54) is 11.1 Å². The lowest BCUT2D eigenvalue weighted by atomic mass is 9.98. The number of anilines is 6. The van der Waals surface area contributed by atoms with E-state index in [9.17, 15) is 0 Å². The van der Waals surface area contributed by atoms with E-state index in [-0.39, 0.29) is 0 Å². The van der Waals surface area contributed by atoms with Gasteiger partial charge in [0.2, 0.25) is 0 Å². The van der Waals surface area contributed by atoms with Gasteiger partial charge in [-0.2, -0.15) is 0 Å². The van der Waals surface area contributed by atoms with E-state index >= 15 is 0 Å². The highest BCUT2D eigenvalue weighted by Crippen LogP contribution is 2.38. The van der Waals surface area contributed by atoms with Crippen LogP contribution in [0.1, 0.15) is 0 Å². The van der Waals surface area contributed by atoms with Crippen molar-refractivity contribution in [2.45, 2.75) is 0 Å². The van der Waals surface area contributed by atoms with E-state index < -0.39 is 0 Å². The average Bonchev–Trinajstić information content (AvgIpc) is 3.11. The third-order valence-electron chi connectivity index (χ3n) is 7.87. The highest BCUT2D eigenvalue weighted by atomic mass is 79.9. The van der Waals surface area contributed by atoms with E-state index in [0.717, 1.165) is 49.7 Å². The highest BCUT2D eigenvalue weighted by Gasteiger charge is 2.14. The molecule has 0 N–H and O–H groups in total. The average molecular weight is 644 g/mol. The summed E-state index contributed by atoms with van der Waals surface area (Å²) in [4.78, 5) is 4.57. The molecule has 0 aliphatic heterocycles. The van der Waals surface area contributed by atoms with Crippen LogP contribution in [0.3, 0.4) is 0 Å². The van der Waals surface area contributed by atoms with Gasteiger partial charge in [0.25, 0.3) is 0 Å². The first kappa shape index (κ1) is 28.4. The lowest BCUT2D eigenvalue weighted by Crippen LogP contribution is -2.09. The Morgan fingerprint density at radius 2 is 0.533 bits per heavy atom. The maximum absolute atomic E-state index is 3.79. The molecule has 0 aliphatic rings. The Labute approximate surface area is 273 Å². The van der Waals surface area contributed by atoms with Crippen LogP contribution in [0.2, 0.25) is 0 Å². The molecular weight excluding hydrogens is 612 g/mol. The molecule has 0 radical (unpaired) electrons. The van der Waals surface area contributed by atoms with Gasteiger partial charge in [-0.05, 0) is 113 Å². The second-order valence-electron chi connectivity index (χ2n) is 10.8. The molecule has 0 bridgehead atoms. The minimum Gasteiger partial charge on any atom is -0.311 e. The molecule has 0 fully saturated rings. The molecule has 7 aromatic carbocycles. The normalized spacial score (nSPS) is 10.8. The fourth-order valence-electron chi connectivity index (χ4n) is 5.73. The van der Waals surface area contributed by atoms with Crippen molar-refractivity contribution >= 4 is 50.1 Å². The van der Waals surface area contributed by atoms with Crippen LogP contribution >= 0.6 is 15.9 Å².